The van der Waals surface area contributed by atoms with E-state index in [1.165, 1.54) is 18.1 Å². The summed E-state index contributed by atoms with van der Waals surface area (Å²) in [5, 5.41) is 2.60. The Labute approximate surface area is 138 Å². The second-order valence-corrected chi connectivity index (χ2v) is 6.17. The van der Waals surface area contributed by atoms with Crippen molar-refractivity contribution < 1.29 is 14.3 Å². The van der Waals surface area contributed by atoms with Gasteiger partial charge in [-0.3, -0.25) is 9.59 Å². The summed E-state index contributed by atoms with van der Waals surface area (Å²) in [6, 6.07) is 8.39. The minimum Gasteiger partial charge on any atom is -0.379 e. The lowest BCUT2D eigenvalue weighted by molar-refractivity contribution is -0.140. The van der Waals surface area contributed by atoms with Gasteiger partial charge in [0.1, 0.15) is 0 Å². The first-order valence-corrected chi connectivity index (χ1v) is 8.13. The number of amides is 2. The third kappa shape index (κ3) is 4.79. The molecule has 0 spiro atoms. The van der Waals surface area contributed by atoms with Crippen molar-refractivity contribution >= 4 is 11.8 Å². The zero-order chi connectivity index (χ0) is 16.8. The maximum atomic E-state index is 12.5. The zero-order valence-electron chi connectivity index (χ0n) is 14.2. The second kappa shape index (κ2) is 8.11. The monoisotopic (exact) mass is 318 g/mol. The molecule has 1 aromatic rings. The molecule has 126 valence electrons. The van der Waals surface area contributed by atoms with Crippen molar-refractivity contribution in [3.05, 3.63) is 35.4 Å². The number of piperidine rings is 1. The van der Waals surface area contributed by atoms with Crippen LogP contribution in [0.3, 0.4) is 0 Å². The number of carbonyl (C=O) groups is 2. The Hall–Kier alpha value is -1.88. The van der Waals surface area contributed by atoms with Crippen LogP contribution in [0.5, 0.6) is 0 Å². The van der Waals surface area contributed by atoms with Crippen LogP contribution in [-0.2, 0) is 20.7 Å². The Balaban J connectivity index is 2.12. The number of nitrogens with zero attached hydrogens (tertiary/aromatic N) is 1. The van der Waals surface area contributed by atoms with Crippen molar-refractivity contribution in [3.8, 4) is 0 Å². The fourth-order valence-corrected chi connectivity index (χ4v) is 3.12. The number of rotatable bonds is 5. The predicted molar refractivity (Wildman–Crippen MR) is 89.1 cm³/mol. The average Bonchev–Trinajstić information content (AvgIpc) is 2.54. The molecule has 0 aliphatic carbocycles. The molecule has 2 atom stereocenters. The molecule has 5 heteroatoms. The molecular formula is C18H26N2O3. The summed E-state index contributed by atoms with van der Waals surface area (Å²) in [5.41, 5.74) is 2.42. The van der Waals surface area contributed by atoms with Crippen LogP contribution < -0.4 is 5.32 Å². The molecule has 0 bridgehead atoms. The van der Waals surface area contributed by atoms with Gasteiger partial charge in [0.05, 0.1) is 18.7 Å². The highest BCUT2D eigenvalue weighted by Crippen LogP contribution is 2.23. The van der Waals surface area contributed by atoms with Gasteiger partial charge in [-0.05, 0) is 31.7 Å². The van der Waals surface area contributed by atoms with E-state index in [1.54, 1.807) is 7.11 Å². The minimum absolute atomic E-state index is 0.0118. The molecule has 1 aromatic carbocycles. The first-order chi connectivity index (χ1) is 11.0. The van der Waals surface area contributed by atoms with Crippen LogP contribution in [-0.4, -0.2) is 49.1 Å². The summed E-state index contributed by atoms with van der Waals surface area (Å²) < 4.78 is 5.62. The van der Waals surface area contributed by atoms with Gasteiger partial charge in [-0.1, -0.05) is 29.8 Å². The molecule has 1 aliphatic heterocycles. The molecule has 23 heavy (non-hydrogen) atoms. The number of benzene rings is 1. The summed E-state index contributed by atoms with van der Waals surface area (Å²) in [5.74, 6) is -0.229. The van der Waals surface area contributed by atoms with E-state index in [0.29, 0.717) is 0 Å². The van der Waals surface area contributed by atoms with Gasteiger partial charge < -0.3 is 15.0 Å². The highest BCUT2D eigenvalue weighted by atomic mass is 16.5. The van der Waals surface area contributed by atoms with Crippen LogP contribution in [0.1, 0.15) is 30.9 Å². The molecule has 5 nitrogen and oxygen atoms in total. The number of likely N-dealkylation sites (tertiary alicyclic amines) is 1. The molecule has 1 saturated heterocycles. The van der Waals surface area contributed by atoms with Crippen molar-refractivity contribution in [2.75, 3.05) is 20.2 Å². The minimum atomic E-state index is -0.186. The van der Waals surface area contributed by atoms with Gasteiger partial charge in [0, 0.05) is 20.6 Å². The van der Waals surface area contributed by atoms with Gasteiger partial charge >= 0.3 is 0 Å². The number of carbonyl (C=O) groups excluding carboxylic acids is 2. The van der Waals surface area contributed by atoms with Gasteiger partial charge in [-0.25, -0.2) is 0 Å². The summed E-state index contributed by atoms with van der Waals surface area (Å²) in [6.45, 7) is 4.25. The molecule has 1 heterocycles. The van der Waals surface area contributed by atoms with Gasteiger partial charge in [0.2, 0.25) is 11.8 Å². The lowest BCUT2D eigenvalue weighted by atomic mass is 9.92. The highest BCUT2D eigenvalue weighted by Gasteiger charge is 2.34. The number of hydrogen-bond acceptors (Lipinski definition) is 3. The van der Waals surface area contributed by atoms with Crippen molar-refractivity contribution in [1.82, 2.24) is 10.2 Å². The normalized spacial score (nSPS) is 21.1. The Morgan fingerprint density at radius 1 is 1.30 bits per heavy atom. The number of nitrogens with one attached hydrogen (secondary N) is 1. The molecule has 1 aliphatic rings. The van der Waals surface area contributed by atoms with Crippen molar-refractivity contribution in [2.24, 2.45) is 0 Å². The summed E-state index contributed by atoms with van der Waals surface area (Å²) in [4.78, 5) is 25.4. The molecule has 0 saturated carbocycles. The SMILES string of the molecule is CO[C@H]1CCCN(C(=O)CNC(C)=O)[C@H]1Cc1ccc(C)cc1. The van der Waals surface area contributed by atoms with Crippen LogP contribution in [0.2, 0.25) is 0 Å². The summed E-state index contributed by atoms with van der Waals surface area (Å²) in [6.07, 6.45) is 2.68. The second-order valence-electron chi connectivity index (χ2n) is 6.17. The Kier molecular flexibility index (Phi) is 6.16. The maximum absolute atomic E-state index is 12.5. The Bertz CT molecular complexity index is 542. The lowest BCUT2D eigenvalue weighted by Gasteiger charge is -2.41. The standard InChI is InChI=1S/C18H26N2O3/c1-13-6-8-15(9-7-13)11-16-17(23-3)5-4-10-20(16)18(22)12-19-14(2)21/h6-9,16-17H,4-5,10-12H2,1-3H3,(H,19,21)/t16-,17-/m0/s1. The van der Waals surface area contributed by atoms with Crippen LogP contribution in [0.15, 0.2) is 24.3 Å². The maximum Gasteiger partial charge on any atom is 0.242 e. The van der Waals surface area contributed by atoms with E-state index in [2.05, 4.69) is 36.5 Å². The van der Waals surface area contributed by atoms with Gasteiger partial charge in [-0.15, -0.1) is 0 Å². The number of aryl methyl sites for hydroxylation is 1. The predicted octanol–water partition coefficient (Wildman–Crippen LogP) is 1.68. The van der Waals surface area contributed by atoms with Crippen molar-refractivity contribution in [3.63, 3.8) is 0 Å². The molecule has 0 aromatic heterocycles. The molecule has 1 N–H and O–H groups in total. The fraction of sp³-hybridized carbons (Fsp3) is 0.556. The van der Waals surface area contributed by atoms with Crippen LogP contribution in [0.25, 0.3) is 0 Å². The molecule has 0 radical (unpaired) electrons. The van der Waals surface area contributed by atoms with Gasteiger partial charge in [0.25, 0.3) is 0 Å². The van der Waals surface area contributed by atoms with E-state index in [9.17, 15) is 9.59 Å². The van der Waals surface area contributed by atoms with E-state index < -0.39 is 0 Å². The summed E-state index contributed by atoms with van der Waals surface area (Å²) >= 11 is 0. The van der Waals surface area contributed by atoms with E-state index in [1.807, 2.05) is 4.90 Å². The first kappa shape index (κ1) is 17.5. The molecular weight excluding hydrogens is 292 g/mol. The van der Waals surface area contributed by atoms with Crippen molar-refractivity contribution in [2.45, 2.75) is 45.3 Å². The zero-order valence-corrected chi connectivity index (χ0v) is 14.2. The average molecular weight is 318 g/mol. The summed E-state index contributed by atoms with van der Waals surface area (Å²) in [7, 11) is 1.70. The molecule has 0 unspecified atom stereocenters. The van der Waals surface area contributed by atoms with Crippen LogP contribution in [0.4, 0.5) is 0 Å². The Morgan fingerprint density at radius 2 is 2.00 bits per heavy atom. The van der Waals surface area contributed by atoms with E-state index >= 15 is 0 Å². The smallest absolute Gasteiger partial charge is 0.242 e. The van der Waals surface area contributed by atoms with Gasteiger partial charge in [-0.2, -0.15) is 0 Å². The van der Waals surface area contributed by atoms with Gasteiger partial charge in [0.15, 0.2) is 0 Å². The van der Waals surface area contributed by atoms with Crippen LogP contribution in [0, 0.1) is 6.92 Å². The Morgan fingerprint density at radius 3 is 2.61 bits per heavy atom. The molecule has 2 rings (SSSR count). The highest BCUT2D eigenvalue weighted by molar-refractivity contribution is 5.84. The lowest BCUT2D eigenvalue weighted by Crippen LogP contribution is -2.54. The first-order valence-electron chi connectivity index (χ1n) is 8.13. The molecule has 1 fully saturated rings. The fourth-order valence-electron chi connectivity index (χ4n) is 3.12. The topological polar surface area (TPSA) is 58.6 Å². The number of methoxy groups -OCH3 is 1. The third-order valence-corrected chi connectivity index (χ3v) is 4.39. The number of ether oxygens (including phenoxy) is 1. The van der Waals surface area contributed by atoms with E-state index in [-0.39, 0.29) is 30.5 Å². The number of hydrogen-bond donors (Lipinski definition) is 1. The van der Waals surface area contributed by atoms with Crippen molar-refractivity contribution in [1.29, 1.82) is 0 Å². The quantitative estimate of drug-likeness (QED) is 0.898. The molecule has 2 amide bonds. The largest absolute Gasteiger partial charge is 0.379 e. The third-order valence-electron chi connectivity index (χ3n) is 4.39. The van der Waals surface area contributed by atoms with E-state index in [0.717, 1.165) is 25.8 Å². The van der Waals surface area contributed by atoms with E-state index in [4.69, 9.17) is 4.74 Å². The van der Waals surface area contributed by atoms with Crippen LogP contribution >= 0.6 is 0 Å².